The van der Waals surface area contributed by atoms with Gasteiger partial charge in [-0.15, -0.1) is 0 Å². The zero-order valence-corrected chi connectivity index (χ0v) is 9.31. The monoisotopic (exact) mass is 237 g/mol. The first-order valence-corrected chi connectivity index (χ1v) is 4.74. The maximum atomic E-state index is 10.9. The third-order valence-electron chi connectivity index (χ3n) is 1.80. The highest BCUT2D eigenvalue weighted by Gasteiger charge is 2.17. The van der Waals surface area contributed by atoms with E-state index in [0.29, 0.717) is 0 Å². The fourth-order valence-electron chi connectivity index (χ4n) is 1.25. The molecule has 0 heterocycles. The number of carboxylic acid groups (broad SMARTS) is 1. The molecule has 1 aromatic rings. The highest BCUT2D eigenvalue weighted by molar-refractivity contribution is 5.98. The molecule has 0 aromatic heterocycles. The van der Waals surface area contributed by atoms with Crippen molar-refractivity contribution in [2.24, 2.45) is 0 Å². The lowest BCUT2D eigenvalue weighted by molar-refractivity contribution is -0.131. The number of hydrogen-bond acceptors (Lipinski definition) is 4. The lowest BCUT2D eigenvalue weighted by Crippen LogP contribution is -2.13. The second kappa shape index (κ2) is 5.11. The smallest absolute Gasteiger partial charge is 0.339 e. The van der Waals surface area contributed by atoms with Gasteiger partial charge in [0, 0.05) is 13.8 Å². The van der Waals surface area contributed by atoms with Crippen molar-refractivity contribution in [3.8, 4) is 5.75 Å². The molecule has 1 aromatic carbocycles. The number of hydrogen-bond donors (Lipinski definition) is 2. The molecule has 2 N–H and O–H groups in total. The largest absolute Gasteiger partial charge is 0.478 e. The highest BCUT2D eigenvalue weighted by Crippen LogP contribution is 2.29. The molecule has 0 atom stereocenters. The molecule has 0 bridgehead atoms. The summed E-state index contributed by atoms with van der Waals surface area (Å²) in [4.78, 5) is 32.8. The minimum atomic E-state index is -1.24. The number of benzene rings is 1. The van der Waals surface area contributed by atoms with E-state index in [1.165, 1.54) is 25.1 Å². The first-order chi connectivity index (χ1) is 7.91. The Hall–Kier alpha value is -2.37. The Morgan fingerprint density at radius 2 is 1.88 bits per heavy atom. The summed E-state index contributed by atoms with van der Waals surface area (Å²) in [6, 6.07) is 4.18. The lowest BCUT2D eigenvalue weighted by Gasteiger charge is -2.11. The van der Waals surface area contributed by atoms with Crippen LogP contribution in [0.25, 0.3) is 0 Å². The van der Waals surface area contributed by atoms with Gasteiger partial charge in [-0.3, -0.25) is 9.59 Å². The van der Waals surface area contributed by atoms with Gasteiger partial charge in [-0.2, -0.15) is 0 Å². The molecule has 6 heteroatoms. The van der Waals surface area contributed by atoms with E-state index in [1.54, 1.807) is 0 Å². The van der Waals surface area contributed by atoms with Crippen LogP contribution in [-0.2, 0) is 9.59 Å². The number of nitrogens with one attached hydrogen (secondary N) is 1. The molecule has 90 valence electrons. The second-order valence-electron chi connectivity index (χ2n) is 3.26. The van der Waals surface area contributed by atoms with E-state index >= 15 is 0 Å². The SMILES string of the molecule is CC(=O)Nc1cccc(C(=O)O)c1OC(C)=O. The van der Waals surface area contributed by atoms with Gasteiger partial charge in [0.15, 0.2) is 5.75 Å². The molecular weight excluding hydrogens is 226 g/mol. The van der Waals surface area contributed by atoms with Crippen LogP contribution >= 0.6 is 0 Å². The van der Waals surface area contributed by atoms with Crippen LogP contribution in [0.2, 0.25) is 0 Å². The molecule has 0 aliphatic carbocycles. The highest BCUT2D eigenvalue weighted by atomic mass is 16.5. The topological polar surface area (TPSA) is 92.7 Å². The van der Waals surface area contributed by atoms with Crippen molar-refractivity contribution in [1.29, 1.82) is 0 Å². The summed E-state index contributed by atoms with van der Waals surface area (Å²) in [5.41, 5.74) is -0.0425. The van der Waals surface area contributed by atoms with Gasteiger partial charge in [-0.25, -0.2) is 4.79 Å². The number of carboxylic acids is 1. The molecule has 0 aliphatic heterocycles. The van der Waals surface area contributed by atoms with Gasteiger partial charge in [0.25, 0.3) is 0 Å². The lowest BCUT2D eigenvalue weighted by atomic mass is 10.1. The Kier molecular flexibility index (Phi) is 3.82. The number of amides is 1. The van der Waals surface area contributed by atoms with E-state index in [4.69, 9.17) is 9.84 Å². The molecule has 0 radical (unpaired) electrons. The van der Waals surface area contributed by atoms with Gasteiger partial charge in [0.1, 0.15) is 5.56 Å². The molecule has 1 rings (SSSR count). The maximum absolute atomic E-state index is 10.9. The number of carbonyl (C=O) groups is 3. The second-order valence-corrected chi connectivity index (χ2v) is 3.26. The van der Waals surface area contributed by atoms with Crippen molar-refractivity contribution in [3.05, 3.63) is 23.8 Å². The van der Waals surface area contributed by atoms with Gasteiger partial charge >= 0.3 is 11.9 Å². The molecule has 0 aliphatic rings. The first kappa shape index (κ1) is 12.7. The molecule has 0 saturated carbocycles. The van der Waals surface area contributed by atoms with Crippen molar-refractivity contribution in [2.75, 3.05) is 5.32 Å². The van der Waals surface area contributed by atoms with Gasteiger partial charge in [-0.1, -0.05) is 6.07 Å². The van der Waals surface area contributed by atoms with E-state index in [2.05, 4.69) is 5.32 Å². The zero-order chi connectivity index (χ0) is 13.0. The standard InChI is InChI=1S/C11H11NO5/c1-6(13)12-9-5-3-4-8(11(15)16)10(9)17-7(2)14/h3-5H,1-2H3,(H,12,13)(H,15,16). The summed E-state index contributed by atoms with van der Waals surface area (Å²) in [6.07, 6.45) is 0. The summed E-state index contributed by atoms with van der Waals surface area (Å²) < 4.78 is 4.80. The molecule has 1 amide bonds. The summed E-state index contributed by atoms with van der Waals surface area (Å²) in [5, 5.41) is 11.3. The predicted molar refractivity (Wildman–Crippen MR) is 59.0 cm³/mol. The molecule has 6 nitrogen and oxygen atoms in total. The first-order valence-electron chi connectivity index (χ1n) is 4.74. The van der Waals surface area contributed by atoms with Crippen molar-refractivity contribution < 1.29 is 24.2 Å². The van der Waals surface area contributed by atoms with Crippen LogP contribution in [0.4, 0.5) is 5.69 Å². The number of para-hydroxylation sites is 1. The Labute approximate surface area is 97.2 Å². The third-order valence-corrected chi connectivity index (χ3v) is 1.80. The van der Waals surface area contributed by atoms with Crippen LogP contribution in [0.1, 0.15) is 24.2 Å². The van der Waals surface area contributed by atoms with E-state index in [-0.39, 0.29) is 22.9 Å². The summed E-state index contributed by atoms with van der Waals surface area (Å²) in [7, 11) is 0. The predicted octanol–water partition coefficient (Wildman–Crippen LogP) is 1.27. The van der Waals surface area contributed by atoms with Crippen LogP contribution in [0, 0.1) is 0 Å². The van der Waals surface area contributed by atoms with Gasteiger partial charge in [0.2, 0.25) is 5.91 Å². The zero-order valence-electron chi connectivity index (χ0n) is 9.31. The van der Waals surface area contributed by atoms with Crippen molar-refractivity contribution in [1.82, 2.24) is 0 Å². The van der Waals surface area contributed by atoms with Crippen LogP contribution in [-0.4, -0.2) is 23.0 Å². The molecule has 17 heavy (non-hydrogen) atoms. The van der Waals surface area contributed by atoms with Gasteiger partial charge < -0.3 is 15.2 Å². The van der Waals surface area contributed by atoms with E-state index in [9.17, 15) is 14.4 Å². The molecule has 0 spiro atoms. The van der Waals surface area contributed by atoms with Crippen molar-refractivity contribution in [3.63, 3.8) is 0 Å². The molecular formula is C11H11NO5. The Morgan fingerprint density at radius 3 is 2.35 bits per heavy atom. The van der Waals surface area contributed by atoms with E-state index in [0.717, 1.165) is 6.92 Å². The number of rotatable bonds is 3. The van der Waals surface area contributed by atoms with Crippen LogP contribution in [0.5, 0.6) is 5.75 Å². The number of carbonyl (C=O) groups excluding carboxylic acids is 2. The summed E-state index contributed by atoms with van der Waals surface area (Å²) >= 11 is 0. The van der Waals surface area contributed by atoms with Crippen LogP contribution in [0.15, 0.2) is 18.2 Å². The van der Waals surface area contributed by atoms with E-state index < -0.39 is 11.9 Å². The minimum absolute atomic E-state index is 0.146. The Morgan fingerprint density at radius 1 is 1.24 bits per heavy atom. The van der Waals surface area contributed by atoms with Crippen molar-refractivity contribution >= 4 is 23.5 Å². The van der Waals surface area contributed by atoms with Crippen LogP contribution < -0.4 is 10.1 Å². The number of aromatic carboxylic acids is 1. The average Bonchev–Trinajstić information content (AvgIpc) is 2.18. The van der Waals surface area contributed by atoms with Gasteiger partial charge in [0.05, 0.1) is 5.69 Å². The normalized spacial score (nSPS) is 9.53. The average molecular weight is 237 g/mol. The minimum Gasteiger partial charge on any atom is -0.478 e. The van der Waals surface area contributed by atoms with E-state index in [1.807, 2.05) is 0 Å². The number of anilines is 1. The van der Waals surface area contributed by atoms with Crippen LogP contribution in [0.3, 0.4) is 0 Å². The maximum Gasteiger partial charge on any atom is 0.339 e. The third kappa shape index (κ3) is 3.30. The fraction of sp³-hybridized carbons (Fsp3) is 0.182. The fourth-order valence-corrected chi connectivity index (χ4v) is 1.25. The molecule has 0 unspecified atom stereocenters. The number of esters is 1. The molecule has 0 saturated heterocycles. The summed E-state index contributed by atoms with van der Waals surface area (Å²) in [6.45, 7) is 2.42. The summed E-state index contributed by atoms with van der Waals surface area (Å²) in [5.74, 6) is -2.46. The quantitative estimate of drug-likeness (QED) is 0.610. The Balaban J connectivity index is 3.28. The van der Waals surface area contributed by atoms with Gasteiger partial charge in [-0.05, 0) is 12.1 Å². The molecule has 0 fully saturated rings. The van der Waals surface area contributed by atoms with Crippen molar-refractivity contribution in [2.45, 2.75) is 13.8 Å². The Bertz CT molecular complexity index is 481. The number of ether oxygens (including phenoxy) is 1.